The lowest BCUT2D eigenvalue weighted by Gasteiger charge is -2.46. The van der Waals surface area contributed by atoms with Crippen molar-refractivity contribution in [3.8, 4) is 0 Å². The van der Waals surface area contributed by atoms with E-state index in [0.29, 0.717) is 30.5 Å². The SMILES string of the molecule is CO[C@H]1CN(c2ncc([C@@H](C)CO)c3cc(Nc4ccnc(N5CC[C@@H](O)[C@@](C)(F)C5)n4)ncc23)[C@@H]1C. The normalized spacial score (nSPS) is 26.7. The predicted octanol–water partition coefficient (Wildman–Crippen LogP) is 2.78. The molecule has 3 aromatic rings. The van der Waals surface area contributed by atoms with Crippen LogP contribution < -0.4 is 15.1 Å². The number of aliphatic hydroxyl groups excluding tert-OH is 2. The predicted molar refractivity (Wildman–Crippen MR) is 140 cm³/mol. The molecule has 3 aromatic heterocycles. The number of hydrogen-bond donors (Lipinski definition) is 3. The van der Waals surface area contributed by atoms with Crippen LogP contribution in [0.25, 0.3) is 10.8 Å². The number of anilines is 4. The molecule has 0 aromatic carbocycles. The first-order valence-electron chi connectivity index (χ1n) is 12.6. The quantitative estimate of drug-likeness (QED) is 0.437. The molecule has 0 aliphatic carbocycles. The van der Waals surface area contributed by atoms with Gasteiger partial charge < -0.3 is 30.1 Å². The third-order valence-electron chi connectivity index (χ3n) is 7.62. The van der Waals surface area contributed by atoms with E-state index < -0.39 is 11.8 Å². The number of aromatic nitrogens is 4. The minimum atomic E-state index is -1.73. The Morgan fingerprint density at radius 3 is 2.76 bits per heavy atom. The van der Waals surface area contributed by atoms with Crippen LogP contribution in [0.1, 0.15) is 38.7 Å². The topological polar surface area (TPSA) is 120 Å². The summed E-state index contributed by atoms with van der Waals surface area (Å²) in [6.45, 7) is 6.71. The summed E-state index contributed by atoms with van der Waals surface area (Å²) in [6, 6.07) is 3.86. The van der Waals surface area contributed by atoms with Crippen molar-refractivity contribution in [3.05, 3.63) is 36.3 Å². The highest BCUT2D eigenvalue weighted by molar-refractivity contribution is 5.96. The van der Waals surface area contributed by atoms with Gasteiger partial charge in [0.15, 0.2) is 5.67 Å². The number of rotatable bonds is 7. The summed E-state index contributed by atoms with van der Waals surface area (Å²) < 4.78 is 20.2. The van der Waals surface area contributed by atoms with Gasteiger partial charge >= 0.3 is 0 Å². The smallest absolute Gasteiger partial charge is 0.227 e. The van der Waals surface area contributed by atoms with Gasteiger partial charge in [0.05, 0.1) is 24.8 Å². The number of fused-ring (bicyclic) bond motifs is 1. The molecule has 3 N–H and O–H groups in total. The van der Waals surface area contributed by atoms with Gasteiger partial charge in [-0.25, -0.2) is 19.3 Å². The molecule has 37 heavy (non-hydrogen) atoms. The number of alkyl halides is 1. The summed E-state index contributed by atoms with van der Waals surface area (Å²) in [4.78, 5) is 22.2. The van der Waals surface area contributed by atoms with Crippen LogP contribution in [0.15, 0.2) is 30.7 Å². The molecule has 0 bridgehead atoms. The van der Waals surface area contributed by atoms with Crippen molar-refractivity contribution >= 4 is 34.2 Å². The van der Waals surface area contributed by atoms with Crippen LogP contribution in [-0.2, 0) is 4.74 Å². The molecule has 2 saturated heterocycles. The summed E-state index contributed by atoms with van der Waals surface area (Å²) >= 11 is 0. The summed E-state index contributed by atoms with van der Waals surface area (Å²) in [5.74, 6) is 2.23. The number of ether oxygens (including phenoxy) is 1. The second-order valence-corrected chi connectivity index (χ2v) is 10.3. The minimum absolute atomic E-state index is 0.000368. The van der Waals surface area contributed by atoms with Gasteiger partial charge in [-0.05, 0) is 43.4 Å². The molecule has 5 rings (SSSR count). The van der Waals surface area contributed by atoms with E-state index in [1.54, 1.807) is 30.5 Å². The van der Waals surface area contributed by atoms with E-state index in [1.165, 1.54) is 6.92 Å². The van der Waals surface area contributed by atoms with E-state index in [4.69, 9.17) is 9.72 Å². The highest BCUT2D eigenvalue weighted by Gasteiger charge is 2.40. The molecule has 2 aliphatic rings. The fourth-order valence-electron chi connectivity index (χ4n) is 5.07. The summed E-state index contributed by atoms with van der Waals surface area (Å²) in [5.41, 5.74) is -0.797. The first-order valence-corrected chi connectivity index (χ1v) is 12.6. The zero-order chi connectivity index (χ0) is 26.3. The van der Waals surface area contributed by atoms with Crippen LogP contribution in [-0.4, -0.2) is 87.4 Å². The van der Waals surface area contributed by atoms with Crippen LogP contribution in [0.2, 0.25) is 0 Å². The molecule has 11 heteroatoms. The Balaban J connectivity index is 1.45. The van der Waals surface area contributed by atoms with Gasteiger partial charge in [0.1, 0.15) is 17.5 Å². The molecule has 0 unspecified atom stereocenters. The summed E-state index contributed by atoms with van der Waals surface area (Å²) in [7, 11) is 1.72. The molecule has 0 amide bonds. The van der Waals surface area contributed by atoms with Crippen molar-refractivity contribution in [2.24, 2.45) is 0 Å². The number of halogens is 1. The lowest BCUT2D eigenvalue weighted by Crippen LogP contribution is -2.59. The molecule has 2 aliphatic heterocycles. The molecule has 5 heterocycles. The largest absolute Gasteiger partial charge is 0.396 e. The maximum atomic E-state index is 14.7. The third kappa shape index (κ3) is 4.78. The molecule has 0 saturated carbocycles. The van der Waals surface area contributed by atoms with E-state index in [0.717, 1.165) is 28.7 Å². The van der Waals surface area contributed by atoms with Crippen molar-refractivity contribution < 1.29 is 19.3 Å². The number of aliphatic hydroxyl groups is 2. The molecular weight excluding hydrogens is 477 g/mol. The Morgan fingerprint density at radius 2 is 2.05 bits per heavy atom. The van der Waals surface area contributed by atoms with Crippen LogP contribution >= 0.6 is 0 Å². The lowest BCUT2D eigenvalue weighted by atomic mass is 9.94. The Morgan fingerprint density at radius 1 is 1.24 bits per heavy atom. The summed E-state index contributed by atoms with van der Waals surface area (Å²) in [5, 5.41) is 24.9. The Hall–Kier alpha value is -3.15. The lowest BCUT2D eigenvalue weighted by molar-refractivity contribution is -0.00860. The average Bonchev–Trinajstić information content (AvgIpc) is 2.89. The number of nitrogens with one attached hydrogen (secondary N) is 1. The van der Waals surface area contributed by atoms with Crippen LogP contribution in [0, 0.1) is 0 Å². The van der Waals surface area contributed by atoms with Gasteiger partial charge in [0, 0.05) is 56.7 Å². The Labute approximate surface area is 215 Å². The number of methoxy groups -OCH3 is 1. The third-order valence-corrected chi connectivity index (χ3v) is 7.62. The van der Waals surface area contributed by atoms with Crippen LogP contribution in [0.3, 0.4) is 0 Å². The maximum absolute atomic E-state index is 14.7. The van der Waals surface area contributed by atoms with Crippen molar-refractivity contribution in [2.75, 3.05) is 48.5 Å². The van der Waals surface area contributed by atoms with Crippen molar-refractivity contribution in [3.63, 3.8) is 0 Å². The average molecular weight is 512 g/mol. The molecule has 198 valence electrons. The van der Waals surface area contributed by atoms with Gasteiger partial charge in [0.25, 0.3) is 0 Å². The molecule has 0 spiro atoms. The van der Waals surface area contributed by atoms with Gasteiger partial charge in [-0.3, -0.25) is 0 Å². The molecule has 10 nitrogen and oxygen atoms in total. The van der Waals surface area contributed by atoms with E-state index in [-0.39, 0.29) is 31.2 Å². The van der Waals surface area contributed by atoms with Gasteiger partial charge in [-0.1, -0.05) is 6.92 Å². The van der Waals surface area contributed by atoms with Gasteiger partial charge in [0.2, 0.25) is 5.95 Å². The highest BCUT2D eigenvalue weighted by atomic mass is 19.1. The number of piperidine rings is 1. The first-order chi connectivity index (χ1) is 17.7. The van der Waals surface area contributed by atoms with Crippen molar-refractivity contribution in [1.29, 1.82) is 0 Å². The molecule has 2 fully saturated rings. The monoisotopic (exact) mass is 511 g/mol. The van der Waals surface area contributed by atoms with E-state index in [1.807, 2.05) is 19.2 Å². The molecule has 5 atom stereocenters. The zero-order valence-electron chi connectivity index (χ0n) is 21.6. The maximum Gasteiger partial charge on any atom is 0.227 e. The first kappa shape index (κ1) is 25.5. The highest BCUT2D eigenvalue weighted by Crippen LogP contribution is 2.36. The second kappa shape index (κ2) is 9.96. The number of hydrogen-bond acceptors (Lipinski definition) is 10. The van der Waals surface area contributed by atoms with E-state index in [9.17, 15) is 14.6 Å². The summed E-state index contributed by atoms with van der Waals surface area (Å²) in [6.07, 6.45) is 4.71. The van der Waals surface area contributed by atoms with E-state index in [2.05, 4.69) is 32.1 Å². The minimum Gasteiger partial charge on any atom is -0.396 e. The van der Waals surface area contributed by atoms with Crippen molar-refractivity contribution in [2.45, 2.75) is 57.0 Å². The zero-order valence-corrected chi connectivity index (χ0v) is 21.6. The van der Waals surface area contributed by atoms with E-state index >= 15 is 0 Å². The fraction of sp³-hybridized carbons (Fsp3) is 0.538. The molecular formula is C26H34FN7O3. The van der Waals surface area contributed by atoms with Gasteiger partial charge in [-0.2, -0.15) is 4.98 Å². The standard InChI is InChI=1S/C26H34FN7O3/c1-15(13-35)18-10-30-24(34-12-20(37-4)16(34)2)19-11-29-23(9-17(18)19)31-22-5-7-28-25(32-22)33-8-6-21(36)26(3,27)14-33/h5,7,9-11,15-16,20-21,35-36H,6,8,12-14H2,1-4H3,(H,28,29,31,32)/t15-,16+,20-,21+,26-/m0/s1. The fourth-order valence-corrected chi connectivity index (χ4v) is 5.07. The Kier molecular flexibility index (Phi) is 6.86. The number of pyridine rings is 2. The Bertz CT molecular complexity index is 1280. The van der Waals surface area contributed by atoms with Crippen molar-refractivity contribution in [1.82, 2.24) is 19.9 Å². The van der Waals surface area contributed by atoms with Crippen LogP contribution in [0.5, 0.6) is 0 Å². The number of nitrogens with zero attached hydrogens (tertiary/aromatic N) is 6. The van der Waals surface area contributed by atoms with Gasteiger partial charge in [-0.15, -0.1) is 0 Å². The van der Waals surface area contributed by atoms with Crippen LogP contribution in [0.4, 0.5) is 27.8 Å². The molecule has 0 radical (unpaired) electrons. The second-order valence-electron chi connectivity index (χ2n) is 10.3.